The molecule has 0 aromatic rings. The molecule has 2 heterocycles. The number of rotatable bonds is 12. The Balaban J connectivity index is 1.69. The van der Waals surface area contributed by atoms with E-state index in [2.05, 4.69) is 14.7 Å². The summed E-state index contributed by atoms with van der Waals surface area (Å²) in [6, 6.07) is 0. The molecule has 0 radical (unpaired) electrons. The highest BCUT2D eigenvalue weighted by Crippen LogP contribution is 2.20. The standard InChI is InChI=1S/C20H41N3OS2/c24-18-20-26-25-19-17-23(15-13-21-9-5-1-2-6-10-21)16-14-22-11-7-3-4-8-12-22/h24H,1-20H2. The van der Waals surface area contributed by atoms with Crippen LogP contribution in [0.25, 0.3) is 0 Å². The Morgan fingerprint density at radius 3 is 1.54 bits per heavy atom. The first-order valence-electron chi connectivity index (χ1n) is 10.9. The fraction of sp³-hybridized carbons (Fsp3) is 1.00. The van der Waals surface area contributed by atoms with E-state index in [0.717, 1.165) is 5.75 Å². The predicted octanol–water partition coefficient (Wildman–Crippen LogP) is 3.41. The molecule has 0 saturated carbocycles. The highest BCUT2D eigenvalue weighted by atomic mass is 33.1. The normalized spacial score (nSPS) is 21.0. The molecule has 0 atom stereocenters. The van der Waals surface area contributed by atoms with Crippen molar-refractivity contribution in [3.63, 3.8) is 0 Å². The molecule has 154 valence electrons. The summed E-state index contributed by atoms with van der Waals surface area (Å²) >= 11 is 0. The SMILES string of the molecule is OCCSSCCN(CCN1CCCCCC1)CCN1CCCCCC1. The molecule has 0 unspecified atom stereocenters. The van der Waals surface area contributed by atoms with Crippen molar-refractivity contribution in [2.75, 3.05) is 77.0 Å². The Morgan fingerprint density at radius 2 is 1.08 bits per heavy atom. The van der Waals surface area contributed by atoms with Crippen molar-refractivity contribution >= 4 is 21.6 Å². The summed E-state index contributed by atoms with van der Waals surface area (Å²) < 4.78 is 0. The molecule has 0 aromatic heterocycles. The maximum Gasteiger partial charge on any atom is 0.0530 e. The summed E-state index contributed by atoms with van der Waals surface area (Å²) in [6.45, 7) is 11.6. The van der Waals surface area contributed by atoms with E-state index in [1.807, 2.05) is 21.6 Å². The van der Waals surface area contributed by atoms with Gasteiger partial charge in [-0.25, -0.2) is 0 Å². The van der Waals surface area contributed by atoms with E-state index in [9.17, 15) is 0 Å². The molecule has 2 fully saturated rings. The zero-order valence-corrected chi connectivity index (χ0v) is 18.4. The summed E-state index contributed by atoms with van der Waals surface area (Å²) in [5.74, 6) is 2.02. The lowest BCUT2D eigenvalue weighted by molar-refractivity contribution is 0.185. The van der Waals surface area contributed by atoms with Gasteiger partial charge in [0.15, 0.2) is 0 Å². The predicted molar refractivity (Wildman–Crippen MR) is 118 cm³/mol. The van der Waals surface area contributed by atoms with Crippen LogP contribution in [0.2, 0.25) is 0 Å². The maximum atomic E-state index is 8.92. The topological polar surface area (TPSA) is 30.0 Å². The average Bonchev–Trinajstić information content (AvgIpc) is 3.08. The van der Waals surface area contributed by atoms with Gasteiger partial charge in [0.1, 0.15) is 0 Å². The van der Waals surface area contributed by atoms with E-state index in [-0.39, 0.29) is 0 Å². The number of aliphatic hydroxyl groups excluding tert-OH is 1. The van der Waals surface area contributed by atoms with Crippen LogP contribution >= 0.6 is 21.6 Å². The molecule has 0 bridgehead atoms. The Morgan fingerprint density at radius 1 is 0.615 bits per heavy atom. The fourth-order valence-electron chi connectivity index (χ4n) is 3.94. The summed E-state index contributed by atoms with van der Waals surface area (Å²) in [4.78, 5) is 8.08. The van der Waals surface area contributed by atoms with Crippen LogP contribution < -0.4 is 0 Å². The van der Waals surface area contributed by atoms with Gasteiger partial charge in [-0.1, -0.05) is 47.3 Å². The number of nitrogens with zero attached hydrogens (tertiary/aromatic N) is 3. The van der Waals surface area contributed by atoms with Crippen LogP contribution in [-0.2, 0) is 0 Å². The van der Waals surface area contributed by atoms with E-state index in [1.165, 1.54) is 116 Å². The van der Waals surface area contributed by atoms with E-state index in [1.54, 1.807) is 0 Å². The van der Waals surface area contributed by atoms with E-state index in [4.69, 9.17) is 5.11 Å². The second-order valence-corrected chi connectivity index (χ2v) is 10.4. The molecule has 6 heteroatoms. The molecular formula is C20H41N3OS2. The van der Waals surface area contributed by atoms with Crippen molar-refractivity contribution in [2.45, 2.75) is 51.4 Å². The van der Waals surface area contributed by atoms with Gasteiger partial charge in [0, 0.05) is 44.2 Å². The van der Waals surface area contributed by atoms with Crippen molar-refractivity contribution in [2.24, 2.45) is 0 Å². The highest BCUT2D eigenvalue weighted by Gasteiger charge is 2.14. The van der Waals surface area contributed by atoms with Gasteiger partial charge in [-0.15, -0.1) is 0 Å². The Kier molecular flexibility index (Phi) is 13.6. The van der Waals surface area contributed by atoms with Crippen LogP contribution in [0.1, 0.15) is 51.4 Å². The third kappa shape index (κ3) is 10.8. The molecule has 0 aliphatic carbocycles. The van der Waals surface area contributed by atoms with Gasteiger partial charge in [-0.05, 0) is 51.9 Å². The smallest absolute Gasteiger partial charge is 0.0530 e. The summed E-state index contributed by atoms with van der Waals surface area (Å²) in [6.07, 6.45) is 11.3. The van der Waals surface area contributed by atoms with Crippen LogP contribution in [0.15, 0.2) is 0 Å². The minimum absolute atomic E-state index is 0.297. The number of hydrogen-bond acceptors (Lipinski definition) is 6. The van der Waals surface area contributed by atoms with Crippen LogP contribution in [0, 0.1) is 0 Å². The van der Waals surface area contributed by atoms with Gasteiger partial charge in [-0.3, -0.25) is 4.90 Å². The molecule has 2 rings (SSSR count). The van der Waals surface area contributed by atoms with Gasteiger partial charge < -0.3 is 14.9 Å². The zero-order chi connectivity index (χ0) is 18.3. The maximum absolute atomic E-state index is 8.92. The minimum Gasteiger partial charge on any atom is -0.395 e. The van der Waals surface area contributed by atoms with Crippen molar-refractivity contribution < 1.29 is 5.11 Å². The van der Waals surface area contributed by atoms with Crippen molar-refractivity contribution in [1.29, 1.82) is 0 Å². The van der Waals surface area contributed by atoms with Crippen LogP contribution in [0.5, 0.6) is 0 Å². The lowest BCUT2D eigenvalue weighted by Crippen LogP contribution is -2.41. The van der Waals surface area contributed by atoms with Crippen LogP contribution in [-0.4, -0.2) is 96.8 Å². The third-order valence-corrected chi connectivity index (χ3v) is 7.98. The molecule has 0 amide bonds. The molecule has 1 N–H and O–H groups in total. The number of aliphatic hydroxyl groups is 1. The first kappa shape index (κ1) is 22.8. The van der Waals surface area contributed by atoms with Gasteiger partial charge in [0.25, 0.3) is 0 Å². The molecular weight excluding hydrogens is 362 g/mol. The highest BCUT2D eigenvalue weighted by molar-refractivity contribution is 8.76. The lowest BCUT2D eigenvalue weighted by atomic mass is 10.2. The first-order chi connectivity index (χ1) is 12.9. The molecule has 0 aromatic carbocycles. The Labute approximate surface area is 169 Å². The molecule has 2 aliphatic heterocycles. The van der Waals surface area contributed by atoms with Crippen molar-refractivity contribution in [1.82, 2.24) is 14.7 Å². The van der Waals surface area contributed by atoms with Gasteiger partial charge in [-0.2, -0.15) is 0 Å². The molecule has 26 heavy (non-hydrogen) atoms. The zero-order valence-electron chi connectivity index (χ0n) is 16.7. The first-order valence-corrected chi connectivity index (χ1v) is 13.4. The summed E-state index contributed by atoms with van der Waals surface area (Å²) in [5, 5.41) is 8.92. The van der Waals surface area contributed by atoms with Crippen LogP contribution in [0.3, 0.4) is 0 Å². The summed E-state index contributed by atoms with van der Waals surface area (Å²) in [7, 11) is 3.74. The Hall–Kier alpha value is 0.540. The Bertz CT molecular complexity index is 296. The van der Waals surface area contributed by atoms with Crippen molar-refractivity contribution in [3.05, 3.63) is 0 Å². The number of hydrogen-bond donors (Lipinski definition) is 1. The summed E-state index contributed by atoms with van der Waals surface area (Å²) in [5.41, 5.74) is 0. The lowest BCUT2D eigenvalue weighted by Gasteiger charge is -2.29. The second-order valence-electron chi connectivity index (χ2n) is 7.72. The average molecular weight is 404 g/mol. The largest absolute Gasteiger partial charge is 0.395 e. The van der Waals surface area contributed by atoms with E-state index in [0.29, 0.717) is 6.61 Å². The van der Waals surface area contributed by atoms with Crippen molar-refractivity contribution in [3.8, 4) is 0 Å². The van der Waals surface area contributed by atoms with Gasteiger partial charge in [0.2, 0.25) is 0 Å². The fourth-order valence-corrected chi connectivity index (χ4v) is 5.74. The molecule has 2 saturated heterocycles. The minimum atomic E-state index is 0.297. The molecule has 4 nitrogen and oxygen atoms in total. The van der Waals surface area contributed by atoms with E-state index < -0.39 is 0 Å². The molecule has 0 spiro atoms. The second kappa shape index (κ2) is 15.5. The third-order valence-electron chi connectivity index (χ3n) is 5.61. The quantitative estimate of drug-likeness (QED) is 0.397. The number of likely N-dealkylation sites (tertiary alicyclic amines) is 2. The van der Waals surface area contributed by atoms with E-state index >= 15 is 0 Å². The monoisotopic (exact) mass is 403 g/mol. The van der Waals surface area contributed by atoms with Gasteiger partial charge in [0.05, 0.1) is 6.61 Å². The van der Waals surface area contributed by atoms with Crippen LogP contribution in [0.4, 0.5) is 0 Å². The van der Waals surface area contributed by atoms with Gasteiger partial charge >= 0.3 is 0 Å². The molecule has 2 aliphatic rings.